The van der Waals surface area contributed by atoms with Gasteiger partial charge in [-0.05, 0) is 12.1 Å². The molecule has 0 N–H and O–H groups in total. The van der Waals surface area contributed by atoms with Crippen LogP contribution in [0.4, 0.5) is 0 Å². The van der Waals surface area contributed by atoms with Crippen molar-refractivity contribution in [1.29, 1.82) is 0 Å². The molecule has 3 heteroatoms. The van der Waals surface area contributed by atoms with Gasteiger partial charge in [-0.1, -0.05) is 24.3 Å². The molecule has 74 valence electrons. The van der Waals surface area contributed by atoms with Crippen LogP contribution < -0.4 is 0 Å². The third kappa shape index (κ3) is 1.59. The predicted octanol–water partition coefficient (Wildman–Crippen LogP) is 2.78. The van der Waals surface area contributed by atoms with Crippen LogP contribution in [0.25, 0.3) is 21.8 Å². The number of rotatable bonds is 0. The molecule has 0 spiro atoms. The van der Waals surface area contributed by atoms with E-state index < -0.39 is 0 Å². The summed E-state index contributed by atoms with van der Waals surface area (Å²) < 4.78 is 0. The van der Waals surface area contributed by atoms with Crippen molar-refractivity contribution in [2.75, 3.05) is 0 Å². The molecule has 0 bridgehead atoms. The van der Waals surface area contributed by atoms with Crippen LogP contribution >= 0.6 is 0 Å². The van der Waals surface area contributed by atoms with Gasteiger partial charge in [0.25, 0.3) is 0 Å². The Balaban J connectivity index is 0.000000853. The van der Waals surface area contributed by atoms with Crippen molar-refractivity contribution >= 4 is 21.8 Å². The summed E-state index contributed by atoms with van der Waals surface area (Å²) in [5.74, 6) is 0. The molecule has 2 nitrogen and oxygen atoms in total. The average molecular weight is 239 g/mol. The molecule has 0 aliphatic carbocycles. The van der Waals surface area contributed by atoms with Crippen LogP contribution in [-0.2, 0) is 16.5 Å². The summed E-state index contributed by atoms with van der Waals surface area (Å²) in [6, 6.07) is 12.1. The Morgan fingerprint density at radius 1 is 0.667 bits per heavy atom. The zero-order chi connectivity index (χ0) is 9.38. The van der Waals surface area contributed by atoms with Gasteiger partial charge < -0.3 is 0 Å². The van der Waals surface area contributed by atoms with Crippen LogP contribution in [-0.4, -0.2) is 9.97 Å². The van der Waals surface area contributed by atoms with Crippen LogP contribution in [0.5, 0.6) is 0 Å². The van der Waals surface area contributed by atoms with Crippen LogP contribution in [0, 0.1) is 0 Å². The maximum absolute atomic E-state index is 4.35. The zero-order valence-electron chi connectivity index (χ0n) is 7.83. The Morgan fingerprint density at radius 2 is 1.13 bits per heavy atom. The third-order valence-electron chi connectivity index (χ3n) is 2.34. The number of aromatic nitrogens is 2. The third-order valence-corrected chi connectivity index (χ3v) is 2.34. The summed E-state index contributed by atoms with van der Waals surface area (Å²) in [4.78, 5) is 8.69. The summed E-state index contributed by atoms with van der Waals surface area (Å²) in [5, 5.41) is 2.28. The Hall–Kier alpha value is -1.47. The van der Waals surface area contributed by atoms with E-state index in [4.69, 9.17) is 0 Å². The molecule has 3 rings (SSSR count). The van der Waals surface area contributed by atoms with E-state index in [1.54, 1.807) is 12.4 Å². The van der Waals surface area contributed by atoms with E-state index in [0.29, 0.717) is 0 Å². The molecule has 0 saturated carbocycles. The van der Waals surface area contributed by atoms with E-state index in [0.717, 1.165) is 21.8 Å². The van der Waals surface area contributed by atoms with E-state index in [1.807, 2.05) is 12.1 Å². The number of fused-ring (bicyclic) bond motifs is 3. The van der Waals surface area contributed by atoms with Gasteiger partial charge in [-0.15, -0.1) is 0 Å². The maximum atomic E-state index is 4.35. The minimum Gasteiger partial charge on any atom is -0.254 e. The molecule has 0 saturated heterocycles. The van der Waals surface area contributed by atoms with Crippen LogP contribution in [0.1, 0.15) is 0 Å². The van der Waals surface area contributed by atoms with Crippen molar-refractivity contribution in [2.45, 2.75) is 0 Å². The second-order valence-electron chi connectivity index (χ2n) is 3.22. The van der Waals surface area contributed by atoms with Gasteiger partial charge in [-0.2, -0.15) is 0 Å². The first-order chi connectivity index (χ1) is 6.95. The largest absolute Gasteiger partial charge is 2.00 e. The van der Waals surface area contributed by atoms with Crippen LogP contribution in [0.15, 0.2) is 48.8 Å². The van der Waals surface area contributed by atoms with Crippen molar-refractivity contribution in [2.24, 2.45) is 0 Å². The molecule has 0 amide bonds. The maximum Gasteiger partial charge on any atom is 2.00 e. The van der Waals surface area contributed by atoms with E-state index in [2.05, 4.69) is 34.2 Å². The molecule has 2 heterocycles. The van der Waals surface area contributed by atoms with Crippen molar-refractivity contribution < 1.29 is 16.5 Å². The summed E-state index contributed by atoms with van der Waals surface area (Å²) in [5.41, 5.74) is 1.95. The van der Waals surface area contributed by atoms with Gasteiger partial charge in [0.1, 0.15) is 0 Å². The van der Waals surface area contributed by atoms with Gasteiger partial charge in [0.15, 0.2) is 0 Å². The normalized spacial score (nSPS) is 10.1. The SMILES string of the molecule is [Ni+2].c1cnc2c(c1)ccc1cccnc12. The standard InChI is InChI=1S/C12H8N2.Ni/c1-3-9-5-6-10-4-2-8-14-12(10)11(9)13-7-1;/h1-8H;/q;+2. The number of hydrogen-bond acceptors (Lipinski definition) is 2. The Labute approximate surface area is 97.3 Å². The topological polar surface area (TPSA) is 25.8 Å². The van der Waals surface area contributed by atoms with Gasteiger partial charge >= 0.3 is 16.5 Å². The second-order valence-corrected chi connectivity index (χ2v) is 3.22. The molecule has 0 unspecified atom stereocenters. The Kier molecular flexibility index (Phi) is 2.65. The molecule has 0 aliphatic rings. The van der Waals surface area contributed by atoms with E-state index in [1.165, 1.54) is 0 Å². The number of nitrogens with zero attached hydrogens (tertiary/aromatic N) is 2. The molecule has 0 radical (unpaired) electrons. The molecule has 2 aromatic heterocycles. The first kappa shape index (κ1) is 10.1. The first-order valence-electron chi connectivity index (χ1n) is 4.53. The molecule has 0 fully saturated rings. The van der Waals surface area contributed by atoms with E-state index in [-0.39, 0.29) is 16.5 Å². The van der Waals surface area contributed by atoms with Crippen LogP contribution in [0.2, 0.25) is 0 Å². The predicted molar refractivity (Wildman–Crippen MR) is 57.0 cm³/mol. The summed E-state index contributed by atoms with van der Waals surface area (Å²) in [6.45, 7) is 0. The molecule has 15 heavy (non-hydrogen) atoms. The van der Waals surface area contributed by atoms with Crippen molar-refractivity contribution in [3.63, 3.8) is 0 Å². The van der Waals surface area contributed by atoms with Crippen molar-refractivity contribution in [1.82, 2.24) is 9.97 Å². The quantitative estimate of drug-likeness (QED) is 0.445. The molecule has 0 atom stereocenters. The molecular formula is C12H8N2Ni+2. The average Bonchev–Trinajstić information content (AvgIpc) is 2.29. The Morgan fingerprint density at radius 3 is 1.60 bits per heavy atom. The van der Waals surface area contributed by atoms with Gasteiger partial charge in [0.2, 0.25) is 0 Å². The molecule has 0 aliphatic heterocycles. The number of hydrogen-bond donors (Lipinski definition) is 0. The number of benzene rings is 1. The summed E-state index contributed by atoms with van der Waals surface area (Å²) >= 11 is 0. The zero-order valence-corrected chi connectivity index (χ0v) is 8.82. The summed E-state index contributed by atoms with van der Waals surface area (Å²) in [7, 11) is 0. The van der Waals surface area contributed by atoms with Crippen molar-refractivity contribution in [3.8, 4) is 0 Å². The van der Waals surface area contributed by atoms with Gasteiger partial charge in [-0.25, -0.2) is 0 Å². The molecular weight excluding hydrogens is 231 g/mol. The van der Waals surface area contributed by atoms with Gasteiger partial charge in [0, 0.05) is 23.2 Å². The molecule has 1 aromatic carbocycles. The monoisotopic (exact) mass is 238 g/mol. The first-order valence-corrected chi connectivity index (χ1v) is 4.53. The van der Waals surface area contributed by atoms with E-state index in [9.17, 15) is 0 Å². The molecule has 3 aromatic rings. The fourth-order valence-electron chi connectivity index (χ4n) is 1.68. The minimum atomic E-state index is 0. The fourth-order valence-corrected chi connectivity index (χ4v) is 1.68. The van der Waals surface area contributed by atoms with Crippen LogP contribution in [0.3, 0.4) is 0 Å². The van der Waals surface area contributed by atoms with Gasteiger partial charge in [0.05, 0.1) is 11.0 Å². The number of pyridine rings is 2. The smallest absolute Gasteiger partial charge is 0.254 e. The fraction of sp³-hybridized carbons (Fsp3) is 0. The second kappa shape index (κ2) is 3.95. The van der Waals surface area contributed by atoms with Crippen molar-refractivity contribution in [3.05, 3.63) is 48.8 Å². The minimum absolute atomic E-state index is 0. The Bertz CT molecular complexity index is 553. The van der Waals surface area contributed by atoms with E-state index >= 15 is 0 Å². The van der Waals surface area contributed by atoms with Gasteiger partial charge in [-0.3, -0.25) is 9.97 Å². The summed E-state index contributed by atoms with van der Waals surface area (Å²) in [6.07, 6.45) is 3.60.